The molecule has 0 spiro atoms. The third-order valence-corrected chi connectivity index (χ3v) is 2.85. The zero-order valence-corrected chi connectivity index (χ0v) is 8.66. The van der Waals surface area contributed by atoms with Crippen molar-refractivity contribution in [3.63, 3.8) is 0 Å². The van der Waals surface area contributed by atoms with Crippen LogP contribution in [0, 0.1) is 5.92 Å². The summed E-state index contributed by atoms with van der Waals surface area (Å²) in [4.78, 5) is 13.1. The minimum absolute atomic E-state index is 0.260. The van der Waals surface area contributed by atoms with Crippen molar-refractivity contribution in [2.75, 3.05) is 6.54 Å². The van der Waals surface area contributed by atoms with E-state index in [4.69, 9.17) is 5.11 Å². The van der Waals surface area contributed by atoms with E-state index in [1.807, 2.05) is 0 Å². The largest absolute Gasteiger partial charge is 0.480 e. The summed E-state index contributed by atoms with van der Waals surface area (Å²) in [5.74, 6) is -0.114. The van der Waals surface area contributed by atoms with Gasteiger partial charge in [-0.05, 0) is 39.2 Å². The van der Waals surface area contributed by atoms with Crippen LogP contribution in [0.3, 0.4) is 0 Å². The Kier molecular flexibility index (Phi) is 3.31. The second kappa shape index (κ2) is 4.09. The zero-order valence-electron chi connectivity index (χ0n) is 8.66. The standard InChI is InChI=1S/C10H19NO2/c1-7(2)11-5-4-8(3)6-9(11)10(12)13/h7-9H,4-6H2,1-3H3,(H,12,13). The lowest BCUT2D eigenvalue weighted by Gasteiger charge is -2.38. The maximum absolute atomic E-state index is 11.0. The summed E-state index contributed by atoms with van der Waals surface area (Å²) in [6.45, 7) is 7.18. The second-order valence-corrected chi connectivity index (χ2v) is 4.32. The van der Waals surface area contributed by atoms with Gasteiger partial charge in [-0.2, -0.15) is 0 Å². The van der Waals surface area contributed by atoms with Gasteiger partial charge in [-0.1, -0.05) is 6.92 Å². The van der Waals surface area contributed by atoms with Crippen LogP contribution in [-0.4, -0.2) is 34.6 Å². The third kappa shape index (κ3) is 2.44. The fourth-order valence-electron chi connectivity index (χ4n) is 2.02. The van der Waals surface area contributed by atoms with Gasteiger partial charge in [0.25, 0.3) is 0 Å². The molecule has 0 aliphatic carbocycles. The molecule has 0 saturated carbocycles. The van der Waals surface area contributed by atoms with Crippen molar-refractivity contribution in [1.29, 1.82) is 0 Å². The fraction of sp³-hybridized carbons (Fsp3) is 0.900. The highest BCUT2D eigenvalue weighted by molar-refractivity contribution is 5.73. The molecule has 1 aliphatic heterocycles. The molecule has 0 radical (unpaired) electrons. The van der Waals surface area contributed by atoms with Gasteiger partial charge in [0.05, 0.1) is 0 Å². The number of nitrogens with zero attached hydrogens (tertiary/aromatic N) is 1. The van der Waals surface area contributed by atoms with E-state index in [2.05, 4.69) is 25.7 Å². The molecular weight excluding hydrogens is 166 g/mol. The van der Waals surface area contributed by atoms with Crippen molar-refractivity contribution >= 4 is 5.97 Å². The fourth-order valence-corrected chi connectivity index (χ4v) is 2.02. The number of carbonyl (C=O) groups is 1. The van der Waals surface area contributed by atoms with Crippen LogP contribution >= 0.6 is 0 Å². The molecule has 1 aliphatic rings. The Morgan fingerprint density at radius 1 is 1.54 bits per heavy atom. The number of rotatable bonds is 2. The van der Waals surface area contributed by atoms with Crippen LogP contribution in [0.2, 0.25) is 0 Å². The van der Waals surface area contributed by atoms with Crippen LogP contribution in [-0.2, 0) is 4.79 Å². The first-order valence-electron chi connectivity index (χ1n) is 5.01. The van der Waals surface area contributed by atoms with Crippen molar-refractivity contribution in [3.05, 3.63) is 0 Å². The molecule has 0 aromatic carbocycles. The van der Waals surface area contributed by atoms with Crippen LogP contribution < -0.4 is 0 Å². The average Bonchev–Trinajstić information content (AvgIpc) is 2.03. The molecule has 76 valence electrons. The van der Waals surface area contributed by atoms with E-state index in [9.17, 15) is 4.79 Å². The summed E-state index contributed by atoms with van der Waals surface area (Å²) in [7, 11) is 0. The van der Waals surface area contributed by atoms with Crippen molar-refractivity contribution in [2.24, 2.45) is 5.92 Å². The SMILES string of the molecule is CC1CCN(C(C)C)C(C(=O)O)C1. The predicted octanol–water partition coefficient (Wildman–Crippen LogP) is 1.58. The summed E-state index contributed by atoms with van der Waals surface area (Å²) in [5.41, 5.74) is 0. The Morgan fingerprint density at radius 3 is 2.62 bits per heavy atom. The molecule has 0 aromatic heterocycles. The molecule has 2 unspecified atom stereocenters. The van der Waals surface area contributed by atoms with Gasteiger partial charge < -0.3 is 5.11 Å². The number of hydrogen-bond donors (Lipinski definition) is 1. The molecular formula is C10H19NO2. The van der Waals surface area contributed by atoms with Gasteiger partial charge in [0.15, 0.2) is 0 Å². The zero-order chi connectivity index (χ0) is 10.0. The van der Waals surface area contributed by atoms with Gasteiger partial charge in [0.1, 0.15) is 6.04 Å². The first-order valence-corrected chi connectivity index (χ1v) is 5.01. The summed E-state index contributed by atoms with van der Waals surface area (Å²) in [5, 5.41) is 9.03. The quantitative estimate of drug-likeness (QED) is 0.710. The van der Waals surface area contributed by atoms with Crippen LogP contribution in [0.15, 0.2) is 0 Å². The minimum Gasteiger partial charge on any atom is -0.480 e. The third-order valence-electron chi connectivity index (χ3n) is 2.85. The highest BCUT2D eigenvalue weighted by Crippen LogP contribution is 2.24. The molecule has 3 nitrogen and oxygen atoms in total. The van der Waals surface area contributed by atoms with Crippen LogP contribution in [0.1, 0.15) is 33.6 Å². The Hall–Kier alpha value is -0.570. The maximum atomic E-state index is 11.0. The number of carboxylic acid groups (broad SMARTS) is 1. The smallest absolute Gasteiger partial charge is 0.320 e. The molecule has 1 N–H and O–H groups in total. The van der Waals surface area contributed by atoms with E-state index in [0.29, 0.717) is 12.0 Å². The van der Waals surface area contributed by atoms with Gasteiger partial charge >= 0.3 is 5.97 Å². The molecule has 0 aromatic rings. The number of aliphatic carboxylic acids is 1. The lowest BCUT2D eigenvalue weighted by atomic mass is 9.91. The lowest BCUT2D eigenvalue weighted by molar-refractivity contribution is -0.146. The number of piperidine rings is 1. The molecule has 0 amide bonds. The summed E-state index contributed by atoms with van der Waals surface area (Å²) in [6.07, 6.45) is 1.93. The summed E-state index contributed by atoms with van der Waals surface area (Å²) >= 11 is 0. The van der Waals surface area contributed by atoms with Crippen molar-refractivity contribution in [2.45, 2.75) is 45.7 Å². The summed E-state index contributed by atoms with van der Waals surface area (Å²) < 4.78 is 0. The van der Waals surface area contributed by atoms with Crippen molar-refractivity contribution in [1.82, 2.24) is 4.90 Å². The number of hydrogen-bond acceptors (Lipinski definition) is 2. The minimum atomic E-state index is -0.666. The molecule has 1 fully saturated rings. The molecule has 2 atom stereocenters. The maximum Gasteiger partial charge on any atom is 0.320 e. The Morgan fingerprint density at radius 2 is 2.15 bits per heavy atom. The number of likely N-dealkylation sites (tertiary alicyclic amines) is 1. The number of carboxylic acids is 1. The van der Waals surface area contributed by atoms with Crippen LogP contribution in [0.4, 0.5) is 0 Å². The second-order valence-electron chi connectivity index (χ2n) is 4.32. The Bertz CT molecular complexity index is 191. The summed E-state index contributed by atoms with van der Waals surface area (Å²) in [6, 6.07) is 0.0809. The lowest BCUT2D eigenvalue weighted by Crippen LogP contribution is -2.49. The van der Waals surface area contributed by atoms with Crippen LogP contribution in [0.25, 0.3) is 0 Å². The van der Waals surface area contributed by atoms with E-state index in [-0.39, 0.29) is 6.04 Å². The highest BCUT2D eigenvalue weighted by atomic mass is 16.4. The van der Waals surface area contributed by atoms with E-state index in [1.165, 1.54) is 0 Å². The highest BCUT2D eigenvalue weighted by Gasteiger charge is 2.32. The molecule has 3 heteroatoms. The topological polar surface area (TPSA) is 40.5 Å². The normalized spacial score (nSPS) is 30.8. The molecule has 13 heavy (non-hydrogen) atoms. The van der Waals surface area contributed by atoms with Gasteiger partial charge in [-0.3, -0.25) is 9.69 Å². The van der Waals surface area contributed by atoms with E-state index < -0.39 is 5.97 Å². The monoisotopic (exact) mass is 185 g/mol. The Balaban J connectivity index is 2.66. The average molecular weight is 185 g/mol. The van der Waals surface area contributed by atoms with Crippen LogP contribution in [0.5, 0.6) is 0 Å². The van der Waals surface area contributed by atoms with Gasteiger partial charge in [-0.15, -0.1) is 0 Å². The van der Waals surface area contributed by atoms with Gasteiger partial charge in [0, 0.05) is 6.04 Å². The molecule has 1 rings (SSSR count). The van der Waals surface area contributed by atoms with Gasteiger partial charge in [-0.25, -0.2) is 0 Å². The molecule has 1 saturated heterocycles. The molecule has 1 heterocycles. The predicted molar refractivity (Wildman–Crippen MR) is 51.7 cm³/mol. The first-order chi connectivity index (χ1) is 6.02. The van der Waals surface area contributed by atoms with Crippen molar-refractivity contribution < 1.29 is 9.90 Å². The van der Waals surface area contributed by atoms with E-state index in [0.717, 1.165) is 19.4 Å². The Labute approximate surface area is 79.7 Å². The first kappa shape index (κ1) is 10.5. The van der Waals surface area contributed by atoms with E-state index >= 15 is 0 Å². The van der Waals surface area contributed by atoms with Crippen molar-refractivity contribution in [3.8, 4) is 0 Å². The molecule has 0 bridgehead atoms. The van der Waals surface area contributed by atoms with E-state index in [1.54, 1.807) is 0 Å². The van der Waals surface area contributed by atoms with Gasteiger partial charge in [0.2, 0.25) is 0 Å².